The van der Waals surface area contributed by atoms with E-state index >= 15 is 0 Å². The molecular weight excluding hydrogens is 451 g/mol. The standard InChI is InChI=1S/C23H28F3N5O3/c1-2-3-4-7-12-27-22(33)34-20-11-10-19(28-29-20)30-13-15-31(16-14-30)21(32)17-8-5-6-9-18(17)23(24,25)26/h5-6,8-11H,2-4,7,12-16H2,1H3,(H,27,33). The van der Waals surface area contributed by atoms with Gasteiger partial charge in [0.15, 0.2) is 5.82 Å². The zero-order valence-electron chi connectivity index (χ0n) is 19.0. The average Bonchev–Trinajstić information content (AvgIpc) is 2.83. The van der Waals surface area contributed by atoms with Crippen LogP contribution >= 0.6 is 0 Å². The summed E-state index contributed by atoms with van der Waals surface area (Å²) >= 11 is 0. The molecule has 1 aromatic heterocycles. The van der Waals surface area contributed by atoms with Gasteiger partial charge in [0, 0.05) is 38.8 Å². The molecule has 34 heavy (non-hydrogen) atoms. The first-order chi connectivity index (χ1) is 16.3. The highest BCUT2D eigenvalue weighted by Crippen LogP contribution is 2.32. The lowest BCUT2D eigenvalue weighted by molar-refractivity contribution is -0.138. The molecule has 0 saturated carbocycles. The summed E-state index contributed by atoms with van der Waals surface area (Å²) in [7, 11) is 0. The van der Waals surface area contributed by atoms with Crippen molar-refractivity contribution in [1.82, 2.24) is 20.4 Å². The number of nitrogens with zero attached hydrogens (tertiary/aromatic N) is 4. The highest BCUT2D eigenvalue weighted by Gasteiger charge is 2.36. The van der Waals surface area contributed by atoms with Gasteiger partial charge >= 0.3 is 12.3 Å². The number of alkyl halides is 3. The van der Waals surface area contributed by atoms with Crippen LogP contribution in [0.1, 0.15) is 48.5 Å². The van der Waals surface area contributed by atoms with E-state index in [-0.39, 0.29) is 24.5 Å². The molecule has 1 fully saturated rings. The third-order valence-electron chi connectivity index (χ3n) is 5.48. The number of carbonyl (C=O) groups is 2. The van der Waals surface area contributed by atoms with Crippen LogP contribution in [0.25, 0.3) is 0 Å². The van der Waals surface area contributed by atoms with E-state index in [1.54, 1.807) is 6.07 Å². The Hall–Kier alpha value is -3.37. The molecule has 3 rings (SSSR count). The van der Waals surface area contributed by atoms with Crippen LogP contribution in [0.4, 0.5) is 23.8 Å². The van der Waals surface area contributed by atoms with Crippen LogP contribution in [0.15, 0.2) is 36.4 Å². The van der Waals surface area contributed by atoms with E-state index in [2.05, 4.69) is 22.4 Å². The number of piperazine rings is 1. The molecule has 1 aromatic carbocycles. The van der Waals surface area contributed by atoms with E-state index in [9.17, 15) is 22.8 Å². The minimum absolute atomic E-state index is 0.0624. The topological polar surface area (TPSA) is 87.7 Å². The normalized spacial score (nSPS) is 14.1. The van der Waals surface area contributed by atoms with Gasteiger partial charge in [0.1, 0.15) is 0 Å². The fourth-order valence-electron chi connectivity index (χ4n) is 3.64. The second kappa shape index (κ2) is 11.7. The number of hydrogen-bond acceptors (Lipinski definition) is 6. The van der Waals surface area contributed by atoms with Gasteiger partial charge < -0.3 is 19.9 Å². The molecule has 11 heteroatoms. The summed E-state index contributed by atoms with van der Waals surface area (Å²) in [4.78, 5) is 27.8. The zero-order valence-corrected chi connectivity index (χ0v) is 19.0. The third-order valence-corrected chi connectivity index (χ3v) is 5.48. The molecule has 184 valence electrons. The number of nitrogens with one attached hydrogen (secondary N) is 1. The smallest absolute Gasteiger partial charge is 0.390 e. The number of carbonyl (C=O) groups excluding carboxylic acids is 2. The fourth-order valence-corrected chi connectivity index (χ4v) is 3.64. The van der Waals surface area contributed by atoms with E-state index < -0.39 is 23.7 Å². The Morgan fingerprint density at radius 3 is 2.38 bits per heavy atom. The van der Waals surface area contributed by atoms with E-state index in [1.807, 2.05) is 4.90 Å². The Labute approximate surface area is 196 Å². The van der Waals surface area contributed by atoms with Crippen molar-refractivity contribution in [2.45, 2.75) is 38.8 Å². The van der Waals surface area contributed by atoms with E-state index in [1.165, 1.54) is 29.2 Å². The van der Waals surface area contributed by atoms with Crippen molar-refractivity contribution >= 4 is 17.8 Å². The number of rotatable bonds is 8. The van der Waals surface area contributed by atoms with Crippen LogP contribution in [0.3, 0.4) is 0 Å². The fraction of sp³-hybridized carbons (Fsp3) is 0.478. The van der Waals surface area contributed by atoms with Gasteiger partial charge in [-0.25, -0.2) is 4.79 Å². The molecule has 1 aliphatic rings. The Morgan fingerprint density at radius 2 is 1.74 bits per heavy atom. The number of amides is 2. The molecule has 1 saturated heterocycles. The molecular formula is C23H28F3N5O3. The summed E-state index contributed by atoms with van der Waals surface area (Å²) in [6.45, 7) is 3.89. The van der Waals surface area contributed by atoms with Gasteiger partial charge in [-0.2, -0.15) is 13.2 Å². The first kappa shape index (κ1) is 25.3. The predicted molar refractivity (Wildman–Crippen MR) is 120 cm³/mol. The Balaban J connectivity index is 1.50. The predicted octanol–water partition coefficient (Wildman–Crippen LogP) is 4.13. The van der Waals surface area contributed by atoms with Crippen LogP contribution in [0.2, 0.25) is 0 Å². The van der Waals surface area contributed by atoms with Crippen molar-refractivity contribution < 1.29 is 27.5 Å². The SMILES string of the molecule is CCCCCCNC(=O)Oc1ccc(N2CCN(C(=O)c3ccccc3C(F)(F)F)CC2)nn1. The number of hydrogen-bond donors (Lipinski definition) is 1. The lowest BCUT2D eigenvalue weighted by atomic mass is 10.1. The minimum atomic E-state index is -4.60. The van der Waals surface area contributed by atoms with Crippen molar-refractivity contribution in [3.05, 3.63) is 47.5 Å². The van der Waals surface area contributed by atoms with Crippen LogP contribution in [0, 0.1) is 0 Å². The summed E-state index contributed by atoms with van der Waals surface area (Å²) < 4.78 is 44.9. The van der Waals surface area contributed by atoms with Gasteiger partial charge in [-0.15, -0.1) is 10.2 Å². The molecule has 0 radical (unpaired) electrons. The third kappa shape index (κ3) is 6.82. The van der Waals surface area contributed by atoms with Gasteiger partial charge in [0.05, 0.1) is 11.1 Å². The first-order valence-corrected chi connectivity index (χ1v) is 11.3. The number of ether oxygens (including phenoxy) is 1. The van der Waals surface area contributed by atoms with E-state index in [0.29, 0.717) is 25.5 Å². The highest BCUT2D eigenvalue weighted by molar-refractivity contribution is 5.96. The zero-order chi connectivity index (χ0) is 24.6. The maximum atomic E-state index is 13.2. The van der Waals surface area contributed by atoms with Crippen molar-refractivity contribution in [2.24, 2.45) is 0 Å². The molecule has 1 N–H and O–H groups in total. The monoisotopic (exact) mass is 479 g/mol. The van der Waals surface area contributed by atoms with Gasteiger partial charge in [-0.3, -0.25) is 4.79 Å². The summed E-state index contributed by atoms with van der Waals surface area (Å²) in [5.41, 5.74) is -1.29. The summed E-state index contributed by atoms with van der Waals surface area (Å²) in [6.07, 6.45) is -1.04. The molecule has 2 amide bonds. The van der Waals surface area contributed by atoms with E-state index in [4.69, 9.17) is 4.74 Å². The van der Waals surface area contributed by atoms with Crippen molar-refractivity contribution in [2.75, 3.05) is 37.6 Å². The van der Waals surface area contributed by atoms with E-state index in [0.717, 1.165) is 31.7 Å². The van der Waals surface area contributed by atoms with Crippen LogP contribution in [0.5, 0.6) is 5.88 Å². The number of anilines is 1. The minimum Gasteiger partial charge on any atom is -0.390 e. The molecule has 0 spiro atoms. The molecule has 2 heterocycles. The van der Waals surface area contributed by atoms with Gasteiger partial charge in [-0.1, -0.05) is 38.3 Å². The molecule has 8 nitrogen and oxygen atoms in total. The summed E-state index contributed by atoms with van der Waals surface area (Å²) in [5, 5.41) is 10.6. The summed E-state index contributed by atoms with van der Waals surface area (Å²) in [6, 6.07) is 7.97. The number of unbranched alkanes of at least 4 members (excludes halogenated alkanes) is 3. The quantitative estimate of drug-likeness (QED) is 0.573. The Kier molecular flexibility index (Phi) is 8.67. The van der Waals surface area contributed by atoms with Crippen molar-refractivity contribution in [3.8, 4) is 5.88 Å². The lowest BCUT2D eigenvalue weighted by Gasteiger charge is -2.35. The molecule has 1 aliphatic heterocycles. The van der Waals surface area contributed by atoms with Crippen molar-refractivity contribution in [3.63, 3.8) is 0 Å². The first-order valence-electron chi connectivity index (χ1n) is 11.3. The number of halogens is 3. The maximum absolute atomic E-state index is 13.2. The van der Waals surface area contributed by atoms with Crippen LogP contribution in [-0.2, 0) is 6.18 Å². The Bertz CT molecular complexity index is 961. The maximum Gasteiger partial charge on any atom is 0.417 e. The molecule has 0 unspecified atom stereocenters. The second-order valence-corrected chi connectivity index (χ2v) is 7.93. The molecule has 0 atom stereocenters. The van der Waals surface area contributed by atoms with Crippen LogP contribution in [-0.4, -0.2) is 59.8 Å². The van der Waals surface area contributed by atoms with Crippen molar-refractivity contribution in [1.29, 1.82) is 0 Å². The molecule has 0 aliphatic carbocycles. The van der Waals surface area contributed by atoms with Crippen LogP contribution < -0.4 is 15.0 Å². The van der Waals surface area contributed by atoms with Gasteiger partial charge in [-0.05, 0) is 24.6 Å². The second-order valence-electron chi connectivity index (χ2n) is 7.93. The Morgan fingerprint density at radius 1 is 1.00 bits per heavy atom. The number of aromatic nitrogens is 2. The lowest BCUT2D eigenvalue weighted by Crippen LogP contribution is -2.49. The molecule has 2 aromatic rings. The molecule has 0 bridgehead atoms. The van der Waals surface area contributed by atoms with Gasteiger partial charge in [0.25, 0.3) is 5.91 Å². The largest absolute Gasteiger partial charge is 0.417 e. The summed E-state index contributed by atoms with van der Waals surface area (Å²) in [5.74, 6) is -0.0643. The number of benzene rings is 1. The highest BCUT2D eigenvalue weighted by atomic mass is 19.4. The van der Waals surface area contributed by atoms with Gasteiger partial charge in [0.2, 0.25) is 5.88 Å². The average molecular weight is 480 g/mol.